The molecule has 1 amide bonds. The number of nitrogens with zero attached hydrogens (tertiary/aromatic N) is 5. The van der Waals surface area contributed by atoms with E-state index < -0.39 is 52.5 Å². The number of rotatable bonds is 4. The van der Waals surface area contributed by atoms with E-state index in [-0.39, 0.29) is 17.1 Å². The van der Waals surface area contributed by atoms with E-state index in [0.717, 1.165) is 47.5 Å². The highest BCUT2D eigenvalue weighted by Crippen LogP contribution is 2.32. The number of fused-ring (bicyclic) bond motifs is 1. The molecule has 0 bridgehead atoms. The van der Waals surface area contributed by atoms with Crippen molar-refractivity contribution in [1.29, 1.82) is 0 Å². The van der Waals surface area contributed by atoms with E-state index in [1.807, 2.05) is 0 Å². The highest BCUT2D eigenvalue weighted by Gasteiger charge is 2.39. The van der Waals surface area contributed by atoms with Crippen LogP contribution in [0.2, 0.25) is 0 Å². The zero-order valence-electron chi connectivity index (χ0n) is 20.5. The second-order valence-corrected chi connectivity index (χ2v) is 11.0. The summed E-state index contributed by atoms with van der Waals surface area (Å²) >= 11 is 1.78. The minimum absolute atomic E-state index is 0.0366. The lowest BCUT2D eigenvalue weighted by atomic mass is 9.90. The highest BCUT2D eigenvalue weighted by molar-refractivity contribution is 7.99. The summed E-state index contributed by atoms with van der Waals surface area (Å²) in [5.41, 5.74) is -2.74. The van der Waals surface area contributed by atoms with Crippen molar-refractivity contribution in [1.82, 2.24) is 29.2 Å². The van der Waals surface area contributed by atoms with Gasteiger partial charge in [-0.3, -0.25) is 23.4 Å². The molecule has 0 spiro atoms. The second kappa shape index (κ2) is 10.2. The van der Waals surface area contributed by atoms with Gasteiger partial charge in [0.25, 0.3) is 11.5 Å². The van der Waals surface area contributed by atoms with Gasteiger partial charge in [-0.1, -0.05) is 0 Å². The number of halogens is 4. The normalized spacial score (nSPS) is 21.1. The smallest absolute Gasteiger partial charge is 0.349 e. The summed E-state index contributed by atoms with van der Waals surface area (Å²) in [6.07, 6.45) is 0.0920. The quantitative estimate of drug-likeness (QED) is 0.496. The van der Waals surface area contributed by atoms with Crippen molar-refractivity contribution in [2.24, 2.45) is 7.05 Å². The van der Waals surface area contributed by atoms with Crippen molar-refractivity contribution in [2.45, 2.75) is 62.8 Å². The standard InChI is InChI=1S/C24H26F4N6O3S/c1-32-12-18(19(31-32)24(26,27)28)21(35)30-14-2-4-15(5-3-14)34-22(36)17-10-13(25)11-29-20(17)33(23(34)37)16-6-8-38-9-7-16/h10-12,14-16H,2-9H2,1H3,(H,30,35)/t14-,15+. The Morgan fingerprint density at radius 2 is 1.71 bits per heavy atom. The number of carbonyl (C=O) groups is 1. The summed E-state index contributed by atoms with van der Waals surface area (Å²) in [4.78, 5) is 43.8. The molecule has 204 valence electrons. The Hall–Kier alpha value is -3.16. The monoisotopic (exact) mass is 554 g/mol. The van der Waals surface area contributed by atoms with E-state index in [0.29, 0.717) is 25.7 Å². The average Bonchev–Trinajstić information content (AvgIpc) is 3.29. The molecular weight excluding hydrogens is 528 g/mol. The van der Waals surface area contributed by atoms with Gasteiger partial charge in [-0.15, -0.1) is 0 Å². The van der Waals surface area contributed by atoms with E-state index in [2.05, 4.69) is 15.4 Å². The molecule has 1 saturated heterocycles. The van der Waals surface area contributed by atoms with E-state index in [1.54, 1.807) is 11.8 Å². The number of alkyl halides is 3. The van der Waals surface area contributed by atoms with Crippen molar-refractivity contribution >= 4 is 28.7 Å². The Balaban J connectivity index is 1.40. The molecule has 1 aliphatic heterocycles. The lowest BCUT2D eigenvalue weighted by molar-refractivity contribution is -0.141. The summed E-state index contributed by atoms with van der Waals surface area (Å²) in [7, 11) is 1.30. The first-order chi connectivity index (χ1) is 18.0. The summed E-state index contributed by atoms with van der Waals surface area (Å²) in [5, 5.41) is 6.04. The number of aryl methyl sites for hydroxylation is 1. The van der Waals surface area contributed by atoms with Crippen molar-refractivity contribution < 1.29 is 22.4 Å². The molecule has 1 N–H and O–H groups in total. The van der Waals surface area contributed by atoms with E-state index >= 15 is 0 Å². The Kier molecular flexibility index (Phi) is 7.09. The number of carbonyl (C=O) groups excluding carboxylic acids is 1. The average molecular weight is 555 g/mol. The maximum atomic E-state index is 14.1. The van der Waals surface area contributed by atoms with Crippen LogP contribution in [0.25, 0.3) is 11.0 Å². The molecule has 0 atom stereocenters. The molecule has 3 aromatic rings. The van der Waals surface area contributed by atoms with Gasteiger partial charge in [-0.25, -0.2) is 14.2 Å². The topological polar surface area (TPSA) is 104 Å². The SMILES string of the molecule is Cn1cc(C(=O)N[C@H]2CC[C@@H](n3c(=O)c4cc(F)cnc4n(C4CCSCC4)c3=O)CC2)c(C(F)(F)F)n1. The molecule has 0 radical (unpaired) electrons. The van der Waals surface area contributed by atoms with Crippen LogP contribution in [-0.4, -0.2) is 47.4 Å². The fourth-order valence-electron chi connectivity index (χ4n) is 5.40. The number of aromatic nitrogens is 5. The maximum absolute atomic E-state index is 14.1. The molecule has 4 heterocycles. The number of hydrogen-bond donors (Lipinski definition) is 1. The van der Waals surface area contributed by atoms with Gasteiger partial charge in [0.2, 0.25) is 0 Å². The molecule has 14 heteroatoms. The van der Waals surface area contributed by atoms with Gasteiger partial charge in [-0.05, 0) is 56.1 Å². The van der Waals surface area contributed by atoms with Crippen LogP contribution in [0.5, 0.6) is 0 Å². The molecule has 1 saturated carbocycles. The van der Waals surface area contributed by atoms with Crippen molar-refractivity contribution in [3.63, 3.8) is 0 Å². The van der Waals surface area contributed by atoms with Gasteiger partial charge in [0.1, 0.15) is 11.5 Å². The van der Waals surface area contributed by atoms with Gasteiger partial charge in [0, 0.05) is 31.4 Å². The van der Waals surface area contributed by atoms with Crippen LogP contribution in [0.4, 0.5) is 17.6 Å². The Morgan fingerprint density at radius 3 is 2.37 bits per heavy atom. The van der Waals surface area contributed by atoms with Crippen molar-refractivity contribution in [2.75, 3.05) is 11.5 Å². The van der Waals surface area contributed by atoms with Gasteiger partial charge in [0.05, 0.1) is 17.1 Å². The predicted octanol–water partition coefficient (Wildman–Crippen LogP) is 3.43. The largest absolute Gasteiger partial charge is 0.435 e. The Bertz CT molecular complexity index is 1480. The third kappa shape index (κ3) is 4.97. The van der Waals surface area contributed by atoms with Crippen molar-refractivity contribution in [3.05, 3.63) is 56.4 Å². The highest BCUT2D eigenvalue weighted by atomic mass is 32.2. The van der Waals surface area contributed by atoms with Crippen LogP contribution in [-0.2, 0) is 13.2 Å². The molecule has 38 heavy (non-hydrogen) atoms. The number of nitrogens with one attached hydrogen (secondary N) is 1. The molecule has 2 aliphatic rings. The van der Waals surface area contributed by atoms with Crippen LogP contribution in [0.15, 0.2) is 28.0 Å². The lowest BCUT2D eigenvalue weighted by Crippen LogP contribution is -2.46. The first-order valence-electron chi connectivity index (χ1n) is 12.4. The van der Waals surface area contributed by atoms with Crippen molar-refractivity contribution in [3.8, 4) is 0 Å². The zero-order valence-corrected chi connectivity index (χ0v) is 21.3. The fraction of sp³-hybridized carbons (Fsp3) is 0.542. The van der Waals surface area contributed by atoms with Gasteiger partial charge >= 0.3 is 11.9 Å². The molecular formula is C24H26F4N6O3S. The third-order valence-corrected chi connectivity index (χ3v) is 8.27. The minimum atomic E-state index is -4.77. The fourth-order valence-corrected chi connectivity index (χ4v) is 6.49. The molecule has 1 aliphatic carbocycles. The third-order valence-electron chi connectivity index (χ3n) is 7.22. The van der Waals surface area contributed by atoms with Crippen LogP contribution >= 0.6 is 11.8 Å². The molecule has 0 unspecified atom stereocenters. The summed E-state index contributed by atoms with van der Waals surface area (Å²) in [5.74, 6) is 0.161. The Morgan fingerprint density at radius 1 is 1.05 bits per heavy atom. The molecule has 2 fully saturated rings. The summed E-state index contributed by atoms with van der Waals surface area (Å²) < 4.78 is 57.5. The lowest BCUT2D eigenvalue weighted by Gasteiger charge is -2.31. The molecule has 9 nitrogen and oxygen atoms in total. The van der Waals surface area contributed by atoms with E-state index in [4.69, 9.17) is 0 Å². The zero-order chi connectivity index (χ0) is 27.2. The Labute approximate surface area is 218 Å². The first-order valence-corrected chi connectivity index (χ1v) is 13.5. The van der Waals surface area contributed by atoms with Crippen LogP contribution in [0, 0.1) is 5.82 Å². The summed E-state index contributed by atoms with van der Waals surface area (Å²) in [6.45, 7) is 0. The minimum Gasteiger partial charge on any atom is -0.349 e. The van der Waals surface area contributed by atoms with Crippen LogP contribution < -0.4 is 16.6 Å². The van der Waals surface area contributed by atoms with Crippen LogP contribution in [0.1, 0.15) is 66.7 Å². The second-order valence-electron chi connectivity index (χ2n) is 9.74. The maximum Gasteiger partial charge on any atom is 0.435 e. The first kappa shape index (κ1) is 26.4. The van der Waals surface area contributed by atoms with Gasteiger partial charge < -0.3 is 5.32 Å². The molecule has 0 aromatic carbocycles. The van der Waals surface area contributed by atoms with E-state index in [1.165, 1.54) is 16.2 Å². The van der Waals surface area contributed by atoms with E-state index in [9.17, 15) is 31.9 Å². The number of pyridine rings is 1. The van der Waals surface area contributed by atoms with Crippen LogP contribution in [0.3, 0.4) is 0 Å². The number of amides is 1. The summed E-state index contributed by atoms with van der Waals surface area (Å²) in [6, 6.07) is 0.0122. The number of thioether (sulfide) groups is 1. The molecule has 5 rings (SSSR count). The number of hydrogen-bond acceptors (Lipinski definition) is 6. The molecule has 3 aromatic heterocycles. The van der Waals surface area contributed by atoms with Gasteiger partial charge in [0.15, 0.2) is 5.69 Å². The predicted molar refractivity (Wildman–Crippen MR) is 133 cm³/mol. The van der Waals surface area contributed by atoms with Gasteiger partial charge in [-0.2, -0.15) is 30.0 Å².